The second-order valence-corrected chi connectivity index (χ2v) is 4.23. The fourth-order valence-electron chi connectivity index (χ4n) is 1.90. The summed E-state index contributed by atoms with van der Waals surface area (Å²) in [7, 11) is 0. The Morgan fingerprint density at radius 1 is 1.44 bits per heavy atom. The van der Waals surface area contributed by atoms with Crippen molar-refractivity contribution in [3.05, 3.63) is 35.4 Å². The Bertz CT molecular complexity index is 555. The van der Waals surface area contributed by atoms with E-state index in [9.17, 15) is 4.79 Å². The van der Waals surface area contributed by atoms with Crippen LogP contribution in [0.25, 0.3) is 5.52 Å². The number of amides is 1. The van der Waals surface area contributed by atoms with E-state index in [4.69, 9.17) is 5.73 Å². The number of primary amides is 1. The summed E-state index contributed by atoms with van der Waals surface area (Å²) in [5.41, 5.74) is 7.53. The molecule has 0 aliphatic heterocycles. The fourth-order valence-corrected chi connectivity index (χ4v) is 1.90. The summed E-state index contributed by atoms with van der Waals surface area (Å²) in [6.45, 7) is 6.09. The molecule has 0 saturated heterocycles. The highest BCUT2D eigenvalue weighted by molar-refractivity contribution is 5.98. The highest BCUT2D eigenvalue weighted by atomic mass is 16.1. The third-order valence-corrected chi connectivity index (χ3v) is 2.63. The molecule has 0 radical (unpaired) electrons. The van der Waals surface area contributed by atoms with E-state index in [-0.39, 0.29) is 5.92 Å². The number of imidazole rings is 1. The molecule has 2 heterocycles. The third kappa shape index (κ3) is 1.46. The Morgan fingerprint density at radius 3 is 2.69 bits per heavy atom. The first-order valence-corrected chi connectivity index (χ1v) is 5.30. The molecule has 2 N–H and O–H groups in total. The fraction of sp³-hybridized carbons (Fsp3) is 0.333. The number of hydrogen-bond acceptors (Lipinski definition) is 2. The van der Waals surface area contributed by atoms with Gasteiger partial charge in [-0.25, -0.2) is 4.98 Å². The minimum absolute atomic E-state index is 0.252. The van der Waals surface area contributed by atoms with Crippen LogP contribution in [0.2, 0.25) is 0 Å². The molecule has 0 aliphatic rings. The van der Waals surface area contributed by atoms with Crippen molar-refractivity contribution in [3.8, 4) is 0 Å². The SMILES string of the molecule is Cc1cccc2c(C(N)=O)nc(C(C)C)n12. The van der Waals surface area contributed by atoms with Crippen LogP contribution < -0.4 is 5.73 Å². The lowest BCUT2D eigenvalue weighted by Gasteiger charge is -2.06. The van der Waals surface area contributed by atoms with Crippen LogP contribution in [0.1, 0.15) is 41.8 Å². The Kier molecular flexibility index (Phi) is 2.42. The van der Waals surface area contributed by atoms with Gasteiger partial charge in [0.1, 0.15) is 5.82 Å². The molecule has 84 valence electrons. The number of nitrogens with two attached hydrogens (primary N) is 1. The Labute approximate surface area is 94.1 Å². The predicted octanol–water partition coefficient (Wildman–Crippen LogP) is 1.87. The molecule has 4 heteroatoms. The second-order valence-electron chi connectivity index (χ2n) is 4.23. The average molecular weight is 217 g/mol. The van der Waals surface area contributed by atoms with Crippen molar-refractivity contribution in [2.24, 2.45) is 5.73 Å². The van der Waals surface area contributed by atoms with Crippen LogP contribution in [-0.2, 0) is 0 Å². The number of carbonyl (C=O) groups excluding carboxylic acids is 1. The minimum Gasteiger partial charge on any atom is -0.364 e. The molecule has 2 aromatic rings. The van der Waals surface area contributed by atoms with E-state index in [0.29, 0.717) is 5.69 Å². The molecule has 0 aliphatic carbocycles. The van der Waals surface area contributed by atoms with E-state index < -0.39 is 5.91 Å². The molecule has 0 atom stereocenters. The van der Waals surface area contributed by atoms with Gasteiger partial charge in [-0.3, -0.25) is 9.20 Å². The molecule has 0 bridgehead atoms. The normalized spacial score (nSPS) is 11.2. The number of hydrogen-bond donors (Lipinski definition) is 1. The van der Waals surface area contributed by atoms with Gasteiger partial charge in [0.25, 0.3) is 5.91 Å². The van der Waals surface area contributed by atoms with Crippen LogP contribution in [0.3, 0.4) is 0 Å². The third-order valence-electron chi connectivity index (χ3n) is 2.63. The molecule has 4 nitrogen and oxygen atoms in total. The summed E-state index contributed by atoms with van der Waals surface area (Å²) < 4.78 is 1.99. The summed E-state index contributed by atoms with van der Waals surface area (Å²) in [6.07, 6.45) is 0. The van der Waals surface area contributed by atoms with Crippen LogP contribution in [0.5, 0.6) is 0 Å². The van der Waals surface area contributed by atoms with Gasteiger partial charge in [0.15, 0.2) is 5.69 Å². The lowest BCUT2D eigenvalue weighted by Crippen LogP contribution is -2.12. The lowest BCUT2D eigenvalue weighted by molar-refractivity contribution is 0.0997. The predicted molar refractivity (Wildman–Crippen MR) is 62.5 cm³/mol. The highest BCUT2D eigenvalue weighted by Gasteiger charge is 2.17. The van der Waals surface area contributed by atoms with Crippen LogP contribution in [0.15, 0.2) is 18.2 Å². The summed E-state index contributed by atoms with van der Waals surface area (Å²) in [4.78, 5) is 15.6. The number of pyridine rings is 1. The number of aryl methyl sites for hydroxylation is 1. The van der Waals surface area contributed by atoms with Gasteiger partial charge in [0.05, 0.1) is 5.52 Å². The molecular weight excluding hydrogens is 202 g/mol. The molecule has 0 aromatic carbocycles. The molecule has 2 rings (SSSR count). The topological polar surface area (TPSA) is 60.4 Å². The maximum absolute atomic E-state index is 11.3. The van der Waals surface area contributed by atoms with E-state index in [2.05, 4.69) is 4.98 Å². The number of rotatable bonds is 2. The largest absolute Gasteiger partial charge is 0.364 e. The summed E-state index contributed by atoms with van der Waals surface area (Å²) in [5, 5.41) is 0. The van der Waals surface area contributed by atoms with Crippen LogP contribution in [0.4, 0.5) is 0 Å². The van der Waals surface area contributed by atoms with Crippen LogP contribution in [0, 0.1) is 6.92 Å². The van der Waals surface area contributed by atoms with Crippen molar-refractivity contribution in [1.82, 2.24) is 9.38 Å². The van der Waals surface area contributed by atoms with Crippen molar-refractivity contribution in [2.75, 3.05) is 0 Å². The van der Waals surface area contributed by atoms with Crippen LogP contribution in [-0.4, -0.2) is 15.3 Å². The molecule has 0 spiro atoms. The summed E-state index contributed by atoms with van der Waals surface area (Å²) in [5.74, 6) is 0.651. The van der Waals surface area contributed by atoms with E-state index in [1.165, 1.54) is 0 Å². The highest BCUT2D eigenvalue weighted by Crippen LogP contribution is 2.20. The number of fused-ring (bicyclic) bond motifs is 1. The van der Waals surface area contributed by atoms with E-state index >= 15 is 0 Å². The van der Waals surface area contributed by atoms with Gasteiger partial charge in [-0.15, -0.1) is 0 Å². The first-order chi connectivity index (χ1) is 7.52. The van der Waals surface area contributed by atoms with Crippen molar-refractivity contribution in [3.63, 3.8) is 0 Å². The number of aromatic nitrogens is 2. The molecular formula is C12H15N3O. The number of carbonyl (C=O) groups is 1. The number of nitrogens with zero attached hydrogens (tertiary/aromatic N) is 2. The average Bonchev–Trinajstić information content (AvgIpc) is 2.58. The van der Waals surface area contributed by atoms with Gasteiger partial charge in [0, 0.05) is 11.6 Å². The van der Waals surface area contributed by atoms with Gasteiger partial charge in [-0.05, 0) is 19.1 Å². The monoisotopic (exact) mass is 217 g/mol. The van der Waals surface area contributed by atoms with Gasteiger partial charge >= 0.3 is 0 Å². The van der Waals surface area contributed by atoms with Crippen LogP contribution >= 0.6 is 0 Å². The minimum atomic E-state index is -0.477. The zero-order valence-electron chi connectivity index (χ0n) is 9.69. The van der Waals surface area contributed by atoms with Gasteiger partial charge in [-0.2, -0.15) is 0 Å². The van der Waals surface area contributed by atoms with Crippen molar-refractivity contribution >= 4 is 11.4 Å². The molecule has 16 heavy (non-hydrogen) atoms. The smallest absolute Gasteiger partial charge is 0.269 e. The summed E-state index contributed by atoms with van der Waals surface area (Å²) in [6, 6.07) is 5.76. The molecule has 2 aromatic heterocycles. The maximum atomic E-state index is 11.3. The first kappa shape index (κ1) is 10.7. The van der Waals surface area contributed by atoms with Crippen molar-refractivity contribution in [1.29, 1.82) is 0 Å². The standard InChI is InChI=1S/C12H15N3O/c1-7(2)12-14-10(11(13)16)9-6-4-5-8(3)15(9)12/h4-7H,1-3H3,(H2,13,16). The van der Waals surface area contributed by atoms with Gasteiger partial charge in [-0.1, -0.05) is 19.9 Å². The molecule has 1 amide bonds. The Balaban J connectivity index is 2.87. The van der Waals surface area contributed by atoms with Gasteiger partial charge < -0.3 is 5.73 Å². The van der Waals surface area contributed by atoms with E-state index in [1.54, 1.807) is 0 Å². The Morgan fingerprint density at radius 2 is 2.12 bits per heavy atom. The van der Waals surface area contributed by atoms with E-state index in [0.717, 1.165) is 17.0 Å². The molecule has 0 saturated carbocycles. The zero-order chi connectivity index (χ0) is 11.9. The van der Waals surface area contributed by atoms with Crippen molar-refractivity contribution in [2.45, 2.75) is 26.7 Å². The maximum Gasteiger partial charge on any atom is 0.269 e. The lowest BCUT2D eigenvalue weighted by atomic mass is 10.2. The van der Waals surface area contributed by atoms with E-state index in [1.807, 2.05) is 43.4 Å². The molecule has 0 unspecified atom stereocenters. The van der Waals surface area contributed by atoms with Crippen molar-refractivity contribution < 1.29 is 4.79 Å². The van der Waals surface area contributed by atoms with Gasteiger partial charge in [0.2, 0.25) is 0 Å². The quantitative estimate of drug-likeness (QED) is 0.834. The second kappa shape index (κ2) is 3.63. The Hall–Kier alpha value is -1.84. The zero-order valence-corrected chi connectivity index (χ0v) is 9.69. The molecule has 0 fully saturated rings. The summed E-state index contributed by atoms with van der Waals surface area (Å²) >= 11 is 0. The first-order valence-electron chi connectivity index (χ1n) is 5.30.